The highest BCUT2D eigenvalue weighted by atomic mass is 32.2. The maximum atomic E-state index is 12.4. The van der Waals surface area contributed by atoms with E-state index in [1.165, 1.54) is 0 Å². The molecule has 1 saturated heterocycles. The Bertz CT molecular complexity index is 871. The number of carbonyl (C=O) groups is 1. The van der Waals surface area contributed by atoms with Gasteiger partial charge in [-0.05, 0) is 31.0 Å². The Balaban J connectivity index is 1.67. The van der Waals surface area contributed by atoms with Crippen LogP contribution in [0.4, 0.5) is 5.82 Å². The molecule has 0 radical (unpaired) electrons. The van der Waals surface area contributed by atoms with Gasteiger partial charge in [0.05, 0.1) is 11.5 Å². The molecule has 0 aliphatic carbocycles. The van der Waals surface area contributed by atoms with Crippen molar-refractivity contribution in [2.75, 3.05) is 16.8 Å². The molecule has 0 spiro atoms. The number of hydrogen-bond acceptors (Lipinski definition) is 7. The van der Waals surface area contributed by atoms with E-state index in [0.29, 0.717) is 24.6 Å². The van der Waals surface area contributed by atoms with E-state index in [1.807, 2.05) is 12.1 Å². The highest BCUT2D eigenvalue weighted by molar-refractivity contribution is 7.91. The van der Waals surface area contributed by atoms with Crippen molar-refractivity contribution in [2.45, 2.75) is 25.9 Å². The van der Waals surface area contributed by atoms with Crippen LogP contribution < -0.4 is 10.6 Å². The molecule has 1 atom stereocenters. The van der Waals surface area contributed by atoms with Crippen LogP contribution in [0, 0.1) is 6.92 Å². The van der Waals surface area contributed by atoms with Crippen molar-refractivity contribution in [1.82, 2.24) is 20.3 Å². The first-order valence-electron chi connectivity index (χ1n) is 7.91. The van der Waals surface area contributed by atoms with E-state index in [9.17, 15) is 13.2 Å². The molecular weight excluding hydrogens is 342 g/mol. The van der Waals surface area contributed by atoms with E-state index in [1.54, 1.807) is 25.4 Å². The maximum absolute atomic E-state index is 12.4. The lowest BCUT2D eigenvalue weighted by Gasteiger charge is -2.12. The highest BCUT2D eigenvalue weighted by Crippen LogP contribution is 2.13. The minimum absolute atomic E-state index is 0.0179. The second kappa shape index (κ2) is 7.14. The first-order valence-corrected chi connectivity index (χ1v) is 9.73. The smallest absolute Gasteiger partial charge is 0.270 e. The van der Waals surface area contributed by atoms with Gasteiger partial charge in [-0.25, -0.2) is 18.4 Å². The largest absolute Gasteiger partial charge is 0.366 e. The Hall–Kier alpha value is -2.55. The molecule has 1 aliphatic heterocycles. The van der Waals surface area contributed by atoms with E-state index in [2.05, 4.69) is 25.6 Å². The van der Waals surface area contributed by atoms with Gasteiger partial charge in [0, 0.05) is 31.0 Å². The molecule has 0 aromatic carbocycles. The molecule has 25 heavy (non-hydrogen) atoms. The lowest BCUT2D eigenvalue weighted by atomic mass is 10.2. The second-order valence-electron chi connectivity index (χ2n) is 5.97. The summed E-state index contributed by atoms with van der Waals surface area (Å²) >= 11 is 0. The number of hydrogen-bond donors (Lipinski definition) is 2. The van der Waals surface area contributed by atoms with Crippen LogP contribution in [-0.4, -0.2) is 46.8 Å². The average Bonchev–Trinajstić information content (AvgIpc) is 2.92. The second-order valence-corrected chi connectivity index (χ2v) is 8.20. The van der Waals surface area contributed by atoms with Crippen LogP contribution in [-0.2, 0) is 16.4 Å². The molecule has 1 fully saturated rings. The van der Waals surface area contributed by atoms with Crippen LogP contribution in [0.1, 0.15) is 28.3 Å². The summed E-state index contributed by atoms with van der Waals surface area (Å²) in [5, 5.41) is 5.88. The van der Waals surface area contributed by atoms with Gasteiger partial charge in [-0.1, -0.05) is 0 Å². The molecule has 0 bridgehead atoms. The number of anilines is 1. The van der Waals surface area contributed by atoms with Crippen molar-refractivity contribution in [3.8, 4) is 0 Å². The number of aryl methyl sites for hydroxylation is 1. The predicted octanol–water partition coefficient (Wildman–Crippen LogP) is 0.709. The van der Waals surface area contributed by atoms with Gasteiger partial charge in [0.2, 0.25) is 0 Å². The van der Waals surface area contributed by atoms with Crippen LogP contribution in [0.5, 0.6) is 0 Å². The molecule has 8 nitrogen and oxygen atoms in total. The Morgan fingerprint density at radius 3 is 2.72 bits per heavy atom. The number of carbonyl (C=O) groups excluding carboxylic acids is 1. The van der Waals surface area contributed by atoms with Gasteiger partial charge in [-0.2, -0.15) is 0 Å². The van der Waals surface area contributed by atoms with Gasteiger partial charge >= 0.3 is 0 Å². The van der Waals surface area contributed by atoms with Crippen LogP contribution in [0.15, 0.2) is 30.6 Å². The molecule has 132 valence electrons. The van der Waals surface area contributed by atoms with Crippen molar-refractivity contribution >= 4 is 21.6 Å². The van der Waals surface area contributed by atoms with Crippen LogP contribution >= 0.6 is 0 Å². The lowest BCUT2D eigenvalue weighted by molar-refractivity contribution is 0.0935. The van der Waals surface area contributed by atoms with E-state index in [-0.39, 0.29) is 29.1 Å². The van der Waals surface area contributed by atoms with Crippen LogP contribution in [0.25, 0.3) is 0 Å². The summed E-state index contributed by atoms with van der Waals surface area (Å²) in [6.07, 6.45) is 3.85. The molecule has 1 aliphatic rings. The molecule has 2 aromatic heterocycles. The minimum atomic E-state index is -3.04. The zero-order chi connectivity index (χ0) is 17.9. The third kappa shape index (κ3) is 4.72. The number of amides is 1. The van der Waals surface area contributed by atoms with Gasteiger partial charge in [-0.3, -0.25) is 9.78 Å². The topological polar surface area (TPSA) is 114 Å². The quantitative estimate of drug-likeness (QED) is 0.806. The van der Waals surface area contributed by atoms with Gasteiger partial charge < -0.3 is 10.6 Å². The van der Waals surface area contributed by atoms with Crippen LogP contribution in [0.3, 0.4) is 0 Å². The number of sulfone groups is 1. The summed E-state index contributed by atoms with van der Waals surface area (Å²) in [5.41, 5.74) is 1.25. The number of nitrogens with zero attached hydrogens (tertiary/aromatic N) is 3. The van der Waals surface area contributed by atoms with E-state index < -0.39 is 9.84 Å². The van der Waals surface area contributed by atoms with Gasteiger partial charge in [-0.15, -0.1) is 0 Å². The van der Waals surface area contributed by atoms with Crippen molar-refractivity contribution < 1.29 is 13.2 Å². The molecule has 0 saturated carbocycles. The normalized spacial score (nSPS) is 18.7. The number of rotatable bonds is 5. The Morgan fingerprint density at radius 2 is 2.04 bits per heavy atom. The third-order valence-electron chi connectivity index (χ3n) is 3.86. The van der Waals surface area contributed by atoms with E-state index >= 15 is 0 Å². The van der Waals surface area contributed by atoms with Crippen LogP contribution in [0.2, 0.25) is 0 Å². The third-order valence-corrected chi connectivity index (χ3v) is 5.63. The minimum Gasteiger partial charge on any atom is -0.366 e. The fraction of sp³-hybridized carbons (Fsp3) is 0.375. The SMILES string of the molecule is Cc1nc(NCc2ccncc2)cc(C(=O)NC2CCS(=O)(=O)C2)n1. The fourth-order valence-corrected chi connectivity index (χ4v) is 4.31. The standard InChI is InChI=1S/C16H19N5O3S/c1-11-19-14(16(22)21-13-4-7-25(23,24)10-13)8-15(20-11)18-9-12-2-5-17-6-3-12/h2-3,5-6,8,13H,4,7,9-10H2,1H3,(H,21,22)(H,18,19,20). The van der Waals surface area contributed by atoms with Crippen molar-refractivity contribution in [3.63, 3.8) is 0 Å². The van der Waals surface area contributed by atoms with E-state index in [4.69, 9.17) is 0 Å². The highest BCUT2D eigenvalue weighted by Gasteiger charge is 2.29. The Morgan fingerprint density at radius 1 is 1.28 bits per heavy atom. The maximum Gasteiger partial charge on any atom is 0.270 e. The lowest BCUT2D eigenvalue weighted by Crippen LogP contribution is -2.36. The number of aromatic nitrogens is 3. The first-order chi connectivity index (χ1) is 11.9. The number of nitrogens with one attached hydrogen (secondary N) is 2. The zero-order valence-corrected chi connectivity index (χ0v) is 14.6. The van der Waals surface area contributed by atoms with E-state index in [0.717, 1.165) is 5.56 Å². The monoisotopic (exact) mass is 361 g/mol. The average molecular weight is 361 g/mol. The predicted molar refractivity (Wildman–Crippen MR) is 92.9 cm³/mol. The summed E-state index contributed by atoms with van der Waals surface area (Å²) in [6, 6.07) is 4.97. The molecule has 3 heterocycles. The Labute approximate surface area is 146 Å². The van der Waals surface area contributed by atoms with Gasteiger partial charge in [0.15, 0.2) is 9.84 Å². The van der Waals surface area contributed by atoms with Gasteiger partial charge in [0.25, 0.3) is 5.91 Å². The Kier molecular flexibility index (Phi) is 4.93. The first kappa shape index (κ1) is 17.3. The fourth-order valence-electron chi connectivity index (χ4n) is 2.64. The summed E-state index contributed by atoms with van der Waals surface area (Å²) < 4.78 is 23.0. The van der Waals surface area contributed by atoms with Crippen molar-refractivity contribution in [1.29, 1.82) is 0 Å². The molecule has 9 heteroatoms. The molecule has 1 amide bonds. The molecule has 1 unspecified atom stereocenters. The molecule has 3 rings (SSSR count). The van der Waals surface area contributed by atoms with Crippen molar-refractivity contribution in [2.24, 2.45) is 0 Å². The number of pyridine rings is 1. The van der Waals surface area contributed by atoms with Gasteiger partial charge in [0.1, 0.15) is 17.3 Å². The summed E-state index contributed by atoms with van der Waals surface area (Å²) in [5.74, 6) is 0.701. The summed E-state index contributed by atoms with van der Waals surface area (Å²) in [4.78, 5) is 24.7. The molecule has 2 N–H and O–H groups in total. The zero-order valence-electron chi connectivity index (χ0n) is 13.8. The molecule has 2 aromatic rings. The van der Waals surface area contributed by atoms with Crippen molar-refractivity contribution in [3.05, 3.63) is 47.7 Å². The summed E-state index contributed by atoms with van der Waals surface area (Å²) in [6.45, 7) is 2.25. The summed E-state index contributed by atoms with van der Waals surface area (Å²) in [7, 11) is -3.04. The molecular formula is C16H19N5O3S.